The van der Waals surface area contributed by atoms with Crippen molar-refractivity contribution in [2.45, 2.75) is 44.4 Å². The predicted molar refractivity (Wildman–Crippen MR) is 126 cm³/mol. The molecule has 28 heavy (non-hydrogen) atoms. The Hall–Kier alpha value is -1.02. The lowest BCUT2D eigenvalue weighted by molar-refractivity contribution is 0.181. The predicted octanol–water partition coefficient (Wildman–Crippen LogP) is 4.06. The van der Waals surface area contributed by atoms with Gasteiger partial charge in [0.2, 0.25) is 0 Å². The van der Waals surface area contributed by atoms with Crippen LogP contribution >= 0.6 is 24.0 Å². The molecule has 1 aromatic carbocycles. The molecule has 0 amide bonds. The molecule has 2 fully saturated rings. The van der Waals surface area contributed by atoms with E-state index in [0.717, 1.165) is 51.0 Å². The first-order valence-electron chi connectivity index (χ1n) is 10.4. The summed E-state index contributed by atoms with van der Waals surface area (Å²) in [6.07, 6.45) is 6.10. The summed E-state index contributed by atoms with van der Waals surface area (Å²) in [6.45, 7) is 6.61. The third kappa shape index (κ3) is 5.75. The van der Waals surface area contributed by atoms with E-state index < -0.39 is 0 Å². The van der Waals surface area contributed by atoms with Crippen LogP contribution < -0.4 is 10.1 Å². The lowest BCUT2D eigenvalue weighted by Gasteiger charge is -2.30. The Labute approximate surface area is 187 Å². The number of methoxy groups -OCH3 is 1. The molecule has 0 bridgehead atoms. The van der Waals surface area contributed by atoms with Crippen molar-refractivity contribution in [3.05, 3.63) is 29.8 Å². The average Bonchev–Trinajstić information content (AvgIpc) is 3.38. The Balaban J connectivity index is 0.00000280. The Kier molecular flexibility index (Phi) is 9.34. The number of aliphatic imine (C=N–C) groups is 1. The molecule has 1 aliphatic carbocycles. The fraction of sp³-hybridized carbons (Fsp3) is 0.682. The summed E-state index contributed by atoms with van der Waals surface area (Å²) < 4.78 is 11.0. The summed E-state index contributed by atoms with van der Waals surface area (Å²) in [5, 5.41) is 3.48. The van der Waals surface area contributed by atoms with Crippen LogP contribution in [0.25, 0.3) is 0 Å². The molecule has 3 rings (SSSR count). The highest BCUT2D eigenvalue weighted by Crippen LogP contribution is 2.42. The van der Waals surface area contributed by atoms with Gasteiger partial charge >= 0.3 is 0 Å². The third-order valence-corrected chi connectivity index (χ3v) is 6.03. The van der Waals surface area contributed by atoms with Gasteiger partial charge in [-0.1, -0.05) is 25.0 Å². The van der Waals surface area contributed by atoms with Crippen LogP contribution in [0.2, 0.25) is 0 Å². The van der Waals surface area contributed by atoms with Gasteiger partial charge in [-0.3, -0.25) is 4.99 Å². The van der Waals surface area contributed by atoms with Gasteiger partial charge in [-0.2, -0.15) is 0 Å². The van der Waals surface area contributed by atoms with Crippen LogP contribution in [0.5, 0.6) is 5.75 Å². The zero-order valence-corrected chi connectivity index (χ0v) is 19.9. The summed E-state index contributed by atoms with van der Waals surface area (Å²) in [5.74, 6) is 2.56. The molecule has 1 heterocycles. The largest absolute Gasteiger partial charge is 0.497 e. The van der Waals surface area contributed by atoms with E-state index >= 15 is 0 Å². The van der Waals surface area contributed by atoms with E-state index in [4.69, 9.17) is 14.5 Å². The van der Waals surface area contributed by atoms with Crippen molar-refractivity contribution in [3.8, 4) is 5.75 Å². The van der Waals surface area contributed by atoms with Crippen molar-refractivity contribution in [1.29, 1.82) is 0 Å². The summed E-state index contributed by atoms with van der Waals surface area (Å²) >= 11 is 0. The summed E-state index contributed by atoms with van der Waals surface area (Å²) in [4.78, 5) is 7.37. The molecule has 1 atom stereocenters. The van der Waals surface area contributed by atoms with E-state index in [1.807, 2.05) is 6.07 Å². The van der Waals surface area contributed by atoms with Gasteiger partial charge in [0.25, 0.3) is 0 Å². The number of rotatable bonds is 7. The zero-order valence-electron chi connectivity index (χ0n) is 17.6. The van der Waals surface area contributed by atoms with Crippen molar-refractivity contribution >= 4 is 29.9 Å². The number of hydrogen-bond donors (Lipinski definition) is 1. The molecule has 1 aromatic rings. The number of guanidine groups is 1. The van der Waals surface area contributed by atoms with Crippen LogP contribution in [0.1, 0.15) is 44.6 Å². The second-order valence-electron chi connectivity index (χ2n) is 8.00. The Morgan fingerprint density at radius 2 is 2.14 bits per heavy atom. The van der Waals surface area contributed by atoms with E-state index in [9.17, 15) is 0 Å². The molecule has 1 aliphatic heterocycles. The fourth-order valence-electron chi connectivity index (χ4n) is 4.44. The van der Waals surface area contributed by atoms with Crippen molar-refractivity contribution < 1.29 is 9.47 Å². The van der Waals surface area contributed by atoms with E-state index in [-0.39, 0.29) is 29.4 Å². The van der Waals surface area contributed by atoms with Crippen LogP contribution in [-0.2, 0) is 10.2 Å². The molecule has 158 valence electrons. The SMILES string of the molecule is CCNC(=NCC1(c2cccc(OC)c2)CCCC1)N(C)CC1CCOC1.I. The maximum atomic E-state index is 5.54. The minimum atomic E-state index is 0. The topological polar surface area (TPSA) is 46.1 Å². The van der Waals surface area contributed by atoms with Gasteiger partial charge in [-0.05, 0) is 43.9 Å². The number of halogens is 1. The summed E-state index contributed by atoms with van der Waals surface area (Å²) in [7, 11) is 3.89. The quantitative estimate of drug-likeness (QED) is 0.348. The van der Waals surface area contributed by atoms with Crippen LogP contribution in [-0.4, -0.2) is 57.9 Å². The van der Waals surface area contributed by atoms with Gasteiger partial charge in [0.15, 0.2) is 5.96 Å². The van der Waals surface area contributed by atoms with Gasteiger partial charge in [0, 0.05) is 38.1 Å². The van der Waals surface area contributed by atoms with E-state index in [1.54, 1.807) is 7.11 Å². The lowest BCUT2D eigenvalue weighted by atomic mass is 9.79. The zero-order chi connectivity index (χ0) is 19.1. The molecular formula is C22H36IN3O2. The van der Waals surface area contributed by atoms with Gasteiger partial charge in [-0.25, -0.2) is 0 Å². The van der Waals surface area contributed by atoms with Crippen molar-refractivity contribution in [2.75, 3.05) is 47.0 Å². The van der Waals surface area contributed by atoms with Crippen LogP contribution in [0.4, 0.5) is 0 Å². The number of nitrogens with one attached hydrogen (secondary N) is 1. The van der Waals surface area contributed by atoms with Crippen LogP contribution in [0.3, 0.4) is 0 Å². The monoisotopic (exact) mass is 501 g/mol. The Morgan fingerprint density at radius 3 is 2.79 bits per heavy atom. The van der Waals surface area contributed by atoms with Crippen LogP contribution in [0, 0.1) is 5.92 Å². The maximum Gasteiger partial charge on any atom is 0.193 e. The van der Waals surface area contributed by atoms with Crippen molar-refractivity contribution in [3.63, 3.8) is 0 Å². The summed E-state index contributed by atoms with van der Waals surface area (Å²) in [5.41, 5.74) is 1.50. The highest BCUT2D eigenvalue weighted by Gasteiger charge is 2.36. The van der Waals surface area contributed by atoms with E-state index in [0.29, 0.717) is 5.92 Å². The van der Waals surface area contributed by atoms with Gasteiger partial charge in [0.05, 0.1) is 20.3 Å². The highest BCUT2D eigenvalue weighted by atomic mass is 127. The minimum Gasteiger partial charge on any atom is -0.497 e. The van der Waals surface area contributed by atoms with Gasteiger partial charge < -0.3 is 19.7 Å². The molecule has 0 spiro atoms. The maximum absolute atomic E-state index is 5.54. The Bertz CT molecular complexity index is 626. The van der Waals surface area contributed by atoms with Gasteiger partial charge in [0.1, 0.15) is 5.75 Å². The van der Waals surface area contributed by atoms with Crippen LogP contribution in [0.15, 0.2) is 29.3 Å². The molecule has 1 saturated carbocycles. The number of nitrogens with zero attached hydrogens (tertiary/aromatic N) is 2. The number of hydrogen-bond acceptors (Lipinski definition) is 3. The second-order valence-corrected chi connectivity index (χ2v) is 8.00. The van der Waals surface area contributed by atoms with E-state index in [1.165, 1.54) is 31.2 Å². The standard InChI is InChI=1S/C22H35N3O2.HI/c1-4-23-21(25(2)15-18-10-13-27-16-18)24-17-22(11-5-6-12-22)19-8-7-9-20(14-19)26-3;/h7-9,14,18H,4-6,10-13,15-17H2,1-3H3,(H,23,24);1H. The number of ether oxygens (including phenoxy) is 2. The molecule has 0 aromatic heterocycles. The molecule has 6 heteroatoms. The number of benzene rings is 1. The first kappa shape index (κ1) is 23.3. The Morgan fingerprint density at radius 1 is 1.36 bits per heavy atom. The first-order chi connectivity index (χ1) is 13.2. The lowest BCUT2D eigenvalue weighted by Crippen LogP contribution is -2.42. The summed E-state index contributed by atoms with van der Waals surface area (Å²) in [6, 6.07) is 8.58. The normalized spacial score (nSPS) is 21.2. The van der Waals surface area contributed by atoms with E-state index in [2.05, 4.69) is 42.4 Å². The second kappa shape index (κ2) is 11.2. The highest BCUT2D eigenvalue weighted by molar-refractivity contribution is 14.0. The van der Waals surface area contributed by atoms with Gasteiger partial charge in [-0.15, -0.1) is 24.0 Å². The van der Waals surface area contributed by atoms with Crippen molar-refractivity contribution in [2.24, 2.45) is 10.9 Å². The molecule has 5 nitrogen and oxygen atoms in total. The molecule has 1 unspecified atom stereocenters. The first-order valence-corrected chi connectivity index (χ1v) is 10.4. The molecule has 2 aliphatic rings. The average molecular weight is 501 g/mol. The fourth-order valence-corrected chi connectivity index (χ4v) is 4.44. The molecule has 1 saturated heterocycles. The third-order valence-electron chi connectivity index (χ3n) is 6.03. The van der Waals surface area contributed by atoms with Crippen molar-refractivity contribution in [1.82, 2.24) is 10.2 Å². The smallest absolute Gasteiger partial charge is 0.193 e. The molecular weight excluding hydrogens is 465 g/mol. The molecule has 1 N–H and O–H groups in total. The minimum absolute atomic E-state index is 0. The molecule has 0 radical (unpaired) electrons.